The molecule has 0 aliphatic heterocycles. The van der Waals surface area contributed by atoms with E-state index in [2.05, 4.69) is 43.4 Å². The summed E-state index contributed by atoms with van der Waals surface area (Å²) in [4.78, 5) is 0. The van der Waals surface area contributed by atoms with Crippen LogP contribution in [-0.2, 0) is 6.42 Å². The van der Waals surface area contributed by atoms with Crippen molar-refractivity contribution >= 4 is 0 Å². The summed E-state index contributed by atoms with van der Waals surface area (Å²) in [6.07, 6.45) is 6.90. The summed E-state index contributed by atoms with van der Waals surface area (Å²) >= 11 is 0. The second-order valence-electron chi connectivity index (χ2n) is 6.73. The predicted molar refractivity (Wildman–Crippen MR) is 76.9 cm³/mol. The fourth-order valence-electron chi connectivity index (χ4n) is 2.69. The lowest BCUT2D eigenvalue weighted by Crippen LogP contribution is -2.27. The Morgan fingerprint density at radius 3 is 2.33 bits per heavy atom. The molecule has 0 heterocycles. The van der Waals surface area contributed by atoms with E-state index in [9.17, 15) is 0 Å². The minimum Gasteiger partial charge on any atom is -0.313 e. The largest absolute Gasteiger partial charge is 0.313 e. The summed E-state index contributed by atoms with van der Waals surface area (Å²) in [5, 5.41) is 3.71. The van der Waals surface area contributed by atoms with E-state index in [4.69, 9.17) is 0 Å². The number of hydrogen-bond donors (Lipinski definition) is 1. The lowest BCUT2D eigenvalue weighted by atomic mass is 9.94. The maximum Gasteiger partial charge on any atom is 0.00684 e. The Labute approximate surface area is 111 Å². The summed E-state index contributed by atoms with van der Waals surface area (Å²) in [5.74, 6) is 0.644. The first kappa shape index (κ1) is 12.2. The van der Waals surface area contributed by atoms with E-state index >= 15 is 0 Å². The second kappa shape index (κ2) is 4.70. The van der Waals surface area contributed by atoms with Gasteiger partial charge in [0.25, 0.3) is 0 Å². The van der Waals surface area contributed by atoms with E-state index in [1.54, 1.807) is 0 Å². The number of nitrogens with one attached hydrogen (secondary N) is 1. The van der Waals surface area contributed by atoms with Gasteiger partial charge in [-0.1, -0.05) is 38.1 Å². The molecule has 2 aliphatic rings. The molecule has 0 aromatic heterocycles. The lowest BCUT2D eigenvalue weighted by molar-refractivity contribution is 0.453. The molecule has 0 saturated heterocycles. The summed E-state index contributed by atoms with van der Waals surface area (Å²) in [6, 6.07) is 10.2. The highest BCUT2D eigenvalue weighted by Gasteiger charge is 2.43. The van der Waals surface area contributed by atoms with E-state index < -0.39 is 0 Å². The summed E-state index contributed by atoms with van der Waals surface area (Å²) < 4.78 is 0. The van der Waals surface area contributed by atoms with Gasteiger partial charge in [-0.25, -0.2) is 0 Å². The van der Waals surface area contributed by atoms with Crippen molar-refractivity contribution in [1.29, 1.82) is 0 Å². The van der Waals surface area contributed by atoms with Gasteiger partial charge in [0.2, 0.25) is 0 Å². The fourth-order valence-corrected chi connectivity index (χ4v) is 2.69. The van der Waals surface area contributed by atoms with Crippen LogP contribution in [0.4, 0.5) is 0 Å². The molecular weight excluding hydrogens is 218 g/mol. The van der Waals surface area contributed by atoms with Gasteiger partial charge in [-0.3, -0.25) is 0 Å². The van der Waals surface area contributed by atoms with Crippen molar-refractivity contribution < 1.29 is 0 Å². The standard InChI is InChI=1S/C17H25N/c1-13(2)15-5-3-14(4-6-15)11-17(9-10-17)12-18-16-7-8-16/h3-6,13,16,18H,7-12H2,1-2H3. The monoisotopic (exact) mass is 243 g/mol. The van der Waals surface area contributed by atoms with Crippen LogP contribution in [0, 0.1) is 5.41 Å². The molecule has 18 heavy (non-hydrogen) atoms. The topological polar surface area (TPSA) is 12.0 Å². The smallest absolute Gasteiger partial charge is 0.00684 e. The minimum atomic E-state index is 0.599. The second-order valence-corrected chi connectivity index (χ2v) is 6.73. The Hall–Kier alpha value is -0.820. The molecule has 2 aliphatic carbocycles. The van der Waals surface area contributed by atoms with Gasteiger partial charge in [-0.2, -0.15) is 0 Å². The highest BCUT2D eigenvalue weighted by atomic mass is 15.0. The maximum absolute atomic E-state index is 3.71. The molecule has 2 fully saturated rings. The molecule has 1 N–H and O–H groups in total. The van der Waals surface area contributed by atoms with Gasteiger partial charge in [0, 0.05) is 12.6 Å². The Morgan fingerprint density at radius 1 is 1.17 bits per heavy atom. The lowest BCUT2D eigenvalue weighted by Gasteiger charge is -2.16. The molecule has 1 heteroatoms. The van der Waals surface area contributed by atoms with Gasteiger partial charge < -0.3 is 5.32 Å². The summed E-state index contributed by atoms with van der Waals surface area (Å²) in [7, 11) is 0. The number of benzene rings is 1. The molecule has 1 aromatic rings. The summed E-state index contributed by atoms with van der Waals surface area (Å²) in [6.45, 7) is 5.76. The first-order chi connectivity index (χ1) is 8.67. The van der Waals surface area contributed by atoms with Gasteiger partial charge in [-0.15, -0.1) is 0 Å². The fraction of sp³-hybridized carbons (Fsp3) is 0.647. The normalized spacial score (nSPS) is 21.3. The molecule has 2 saturated carbocycles. The van der Waals surface area contributed by atoms with Crippen molar-refractivity contribution in [2.75, 3.05) is 6.54 Å². The van der Waals surface area contributed by atoms with Crippen molar-refractivity contribution in [2.45, 2.75) is 57.9 Å². The highest BCUT2D eigenvalue weighted by Crippen LogP contribution is 2.48. The molecule has 0 atom stereocenters. The van der Waals surface area contributed by atoms with E-state index in [0.717, 1.165) is 6.04 Å². The van der Waals surface area contributed by atoms with Crippen LogP contribution in [0.2, 0.25) is 0 Å². The van der Waals surface area contributed by atoms with E-state index in [1.807, 2.05) is 0 Å². The van der Waals surface area contributed by atoms with Gasteiger partial charge in [0.1, 0.15) is 0 Å². The average Bonchev–Trinajstić information content (AvgIpc) is 3.24. The van der Waals surface area contributed by atoms with Crippen LogP contribution in [0.3, 0.4) is 0 Å². The van der Waals surface area contributed by atoms with Gasteiger partial charge >= 0.3 is 0 Å². The van der Waals surface area contributed by atoms with E-state index in [-0.39, 0.29) is 0 Å². The zero-order valence-corrected chi connectivity index (χ0v) is 11.7. The van der Waals surface area contributed by atoms with Crippen molar-refractivity contribution in [2.24, 2.45) is 5.41 Å². The van der Waals surface area contributed by atoms with Crippen molar-refractivity contribution in [3.8, 4) is 0 Å². The van der Waals surface area contributed by atoms with Gasteiger partial charge in [-0.05, 0) is 54.6 Å². The Bertz CT molecular complexity index is 396. The van der Waals surface area contributed by atoms with Crippen LogP contribution in [0.15, 0.2) is 24.3 Å². The molecule has 0 bridgehead atoms. The molecule has 0 spiro atoms. The molecule has 1 aromatic carbocycles. The van der Waals surface area contributed by atoms with Crippen LogP contribution >= 0.6 is 0 Å². The summed E-state index contributed by atoms with van der Waals surface area (Å²) in [5.41, 5.74) is 3.58. The molecule has 1 nitrogen and oxygen atoms in total. The third-order valence-corrected chi connectivity index (χ3v) is 4.53. The maximum atomic E-state index is 3.71. The van der Waals surface area contributed by atoms with Crippen molar-refractivity contribution in [3.63, 3.8) is 0 Å². The molecule has 0 radical (unpaired) electrons. The number of hydrogen-bond acceptors (Lipinski definition) is 1. The zero-order valence-electron chi connectivity index (χ0n) is 11.7. The Balaban J connectivity index is 1.57. The quantitative estimate of drug-likeness (QED) is 0.799. The molecule has 0 unspecified atom stereocenters. The average molecular weight is 243 g/mol. The predicted octanol–water partition coefficient (Wildman–Crippen LogP) is 3.88. The van der Waals surface area contributed by atoms with Crippen molar-refractivity contribution in [3.05, 3.63) is 35.4 Å². The van der Waals surface area contributed by atoms with Gasteiger partial charge in [0.15, 0.2) is 0 Å². The molecule has 3 rings (SSSR count). The van der Waals surface area contributed by atoms with E-state index in [1.165, 1.54) is 49.8 Å². The first-order valence-electron chi connectivity index (χ1n) is 7.49. The minimum absolute atomic E-state index is 0.599. The number of rotatable bonds is 6. The Morgan fingerprint density at radius 2 is 1.83 bits per heavy atom. The Kier molecular flexibility index (Phi) is 3.19. The van der Waals surface area contributed by atoms with E-state index in [0.29, 0.717) is 11.3 Å². The molecular formula is C17H25N. The third kappa shape index (κ3) is 2.95. The zero-order chi connectivity index (χ0) is 12.6. The third-order valence-electron chi connectivity index (χ3n) is 4.53. The van der Waals surface area contributed by atoms with Crippen LogP contribution in [0.25, 0.3) is 0 Å². The van der Waals surface area contributed by atoms with Gasteiger partial charge in [0.05, 0.1) is 0 Å². The molecule has 0 amide bonds. The van der Waals surface area contributed by atoms with Crippen LogP contribution < -0.4 is 5.32 Å². The van der Waals surface area contributed by atoms with Crippen LogP contribution in [0.1, 0.15) is 56.6 Å². The SMILES string of the molecule is CC(C)c1ccc(CC2(CNC3CC3)CC2)cc1. The van der Waals surface area contributed by atoms with Crippen LogP contribution in [0.5, 0.6) is 0 Å². The highest BCUT2D eigenvalue weighted by molar-refractivity contribution is 5.26. The van der Waals surface area contributed by atoms with Crippen LogP contribution in [-0.4, -0.2) is 12.6 Å². The first-order valence-corrected chi connectivity index (χ1v) is 7.49. The molecule has 98 valence electrons. The van der Waals surface area contributed by atoms with Crippen molar-refractivity contribution in [1.82, 2.24) is 5.32 Å².